The third kappa shape index (κ3) is 5.25. The third-order valence-corrected chi connectivity index (χ3v) is 6.50. The van der Waals surface area contributed by atoms with Crippen LogP contribution >= 0.6 is 11.3 Å². The van der Waals surface area contributed by atoms with Crippen molar-refractivity contribution in [3.63, 3.8) is 0 Å². The maximum atomic E-state index is 13.3. The minimum atomic E-state index is 0.110. The molecule has 0 atom stereocenters. The number of ether oxygens (including phenoxy) is 1. The van der Waals surface area contributed by atoms with E-state index >= 15 is 0 Å². The van der Waals surface area contributed by atoms with Gasteiger partial charge in [0, 0.05) is 26.2 Å². The van der Waals surface area contributed by atoms with Crippen molar-refractivity contribution in [2.75, 3.05) is 44.3 Å². The number of carbonyl (C=O) groups excluding carboxylic acids is 1. The van der Waals surface area contributed by atoms with Gasteiger partial charge in [-0.25, -0.2) is 4.98 Å². The van der Waals surface area contributed by atoms with E-state index in [2.05, 4.69) is 43.0 Å². The molecule has 0 radical (unpaired) electrons. The Bertz CT molecular complexity index is 1010. The molecular weight excluding hydrogens is 394 g/mol. The van der Waals surface area contributed by atoms with Crippen LogP contribution in [0.1, 0.15) is 23.1 Å². The fourth-order valence-corrected chi connectivity index (χ4v) is 4.94. The molecule has 158 valence electrons. The van der Waals surface area contributed by atoms with Crippen LogP contribution in [0, 0.1) is 13.8 Å². The predicted octanol–water partition coefficient (Wildman–Crippen LogP) is 4.21. The van der Waals surface area contributed by atoms with Crippen molar-refractivity contribution < 1.29 is 9.53 Å². The monoisotopic (exact) mass is 423 g/mol. The first-order chi connectivity index (χ1) is 14.6. The number of hydrogen-bond donors (Lipinski definition) is 0. The quantitative estimate of drug-likeness (QED) is 0.571. The van der Waals surface area contributed by atoms with Gasteiger partial charge in [0.2, 0.25) is 5.91 Å². The van der Waals surface area contributed by atoms with Crippen molar-refractivity contribution in [3.8, 4) is 0 Å². The number of fused-ring (bicyclic) bond motifs is 1. The number of rotatable bonds is 7. The van der Waals surface area contributed by atoms with Crippen LogP contribution in [0.3, 0.4) is 0 Å². The molecule has 0 bridgehead atoms. The lowest BCUT2D eigenvalue weighted by atomic mass is 10.1. The van der Waals surface area contributed by atoms with Crippen molar-refractivity contribution >= 4 is 32.6 Å². The van der Waals surface area contributed by atoms with Crippen LogP contribution in [-0.4, -0.2) is 55.2 Å². The molecule has 0 spiro atoms. The molecule has 1 aliphatic heterocycles. The van der Waals surface area contributed by atoms with Crippen LogP contribution in [0.5, 0.6) is 0 Å². The average Bonchev–Trinajstić information content (AvgIpc) is 3.14. The van der Waals surface area contributed by atoms with E-state index in [0.717, 1.165) is 60.2 Å². The molecule has 1 fully saturated rings. The van der Waals surface area contributed by atoms with E-state index in [1.807, 2.05) is 23.1 Å². The molecule has 30 heavy (non-hydrogen) atoms. The first-order valence-electron chi connectivity index (χ1n) is 10.6. The molecule has 6 heteroatoms. The molecule has 0 aliphatic carbocycles. The molecular formula is C24H29N3O2S. The smallest absolute Gasteiger partial charge is 0.233 e. The zero-order valence-corrected chi connectivity index (χ0v) is 18.6. The lowest BCUT2D eigenvalue weighted by molar-refractivity contribution is -0.118. The molecule has 1 aromatic heterocycles. The first kappa shape index (κ1) is 21.0. The molecule has 1 amide bonds. The van der Waals surface area contributed by atoms with E-state index in [1.165, 1.54) is 11.1 Å². The number of aryl methyl sites for hydroxylation is 2. The Morgan fingerprint density at radius 3 is 2.73 bits per heavy atom. The largest absolute Gasteiger partial charge is 0.379 e. The van der Waals surface area contributed by atoms with Gasteiger partial charge in [-0.3, -0.25) is 14.6 Å². The van der Waals surface area contributed by atoms with Gasteiger partial charge in [-0.15, -0.1) is 0 Å². The molecule has 2 aromatic carbocycles. The fraction of sp³-hybridized carbons (Fsp3) is 0.417. The Balaban J connectivity index is 1.52. The summed E-state index contributed by atoms with van der Waals surface area (Å²) < 4.78 is 6.57. The topological polar surface area (TPSA) is 45.7 Å². The SMILES string of the molecule is Cc1cccc(CC(=O)N(CCCN2CCOCC2)c2nc3ccc(C)cc3s2)c1. The Morgan fingerprint density at radius 2 is 1.93 bits per heavy atom. The summed E-state index contributed by atoms with van der Waals surface area (Å²) in [6.45, 7) is 9.34. The Kier molecular flexibility index (Phi) is 6.77. The van der Waals surface area contributed by atoms with Crippen molar-refractivity contribution in [2.45, 2.75) is 26.7 Å². The lowest BCUT2D eigenvalue weighted by Gasteiger charge is -2.27. The minimum Gasteiger partial charge on any atom is -0.379 e. The van der Waals surface area contributed by atoms with Gasteiger partial charge in [-0.1, -0.05) is 47.2 Å². The van der Waals surface area contributed by atoms with E-state index in [9.17, 15) is 4.79 Å². The Hall–Kier alpha value is -2.28. The third-order valence-electron chi connectivity index (χ3n) is 5.46. The van der Waals surface area contributed by atoms with Crippen molar-refractivity contribution in [3.05, 3.63) is 59.2 Å². The van der Waals surface area contributed by atoms with E-state index in [4.69, 9.17) is 9.72 Å². The standard InChI is InChI=1S/C24H29N3O2S/c1-18-5-3-6-20(15-18)17-23(28)27(10-4-9-26-11-13-29-14-12-26)24-25-21-8-7-19(2)16-22(21)30-24/h3,5-8,15-16H,4,9-14,17H2,1-2H3. The number of hydrogen-bond acceptors (Lipinski definition) is 5. The highest BCUT2D eigenvalue weighted by Gasteiger charge is 2.21. The second kappa shape index (κ2) is 9.69. The Morgan fingerprint density at radius 1 is 1.13 bits per heavy atom. The molecule has 5 nitrogen and oxygen atoms in total. The molecule has 0 N–H and O–H groups in total. The van der Waals surface area contributed by atoms with Crippen LogP contribution in [-0.2, 0) is 16.0 Å². The second-order valence-corrected chi connectivity index (χ2v) is 9.00. The number of aromatic nitrogens is 1. The summed E-state index contributed by atoms with van der Waals surface area (Å²) in [4.78, 5) is 22.4. The maximum Gasteiger partial charge on any atom is 0.233 e. The number of nitrogens with zero attached hydrogens (tertiary/aromatic N) is 3. The average molecular weight is 424 g/mol. The molecule has 3 aromatic rings. The Labute approximate surface area is 182 Å². The van der Waals surface area contributed by atoms with Gasteiger partial charge in [0.1, 0.15) is 0 Å². The van der Waals surface area contributed by atoms with Gasteiger partial charge >= 0.3 is 0 Å². The first-order valence-corrected chi connectivity index (χ1v) is 11.4. The zero-order chi connectivity index (χ0) is 20.9. The molecule has 0 unspecified atom stereocenters. The van der Waals surface area contributed by atoms with E-state index in [-0.39, 0.29) is 5.91 Å². The minimum absolute atomic E-state index is 0.110. The van der Waals surface area contributed by atoms with Gasteiger partial charge in [-0.2, -0.15) is 0 Å². The summed E-state index contributed by atoms with van der Waals surface area (Å²) in [6, 6.07) is 14.5. The number of amides is 1. The summed E-state index contributed by atoms with van der Waals surface area (Å²) in [5, 5.41) is 0.801. The highest BCUT2D eigenvalue weighted by molar-refractivity contribution is 7.22. The van der Waals surface area contributed by atoms with Crippen LogP contribution in [0.2, 0.25) is 0 Å². The number of carbonyl (C=O) groups is 1. The van der Waals surface area contributed by atoms with Gasteiger partial charge in [0.15, 0.2) is 5.13 Å². The molecule has 1 aliphatic rings. The lowest BCUT2D eigenvalue weighted by Crippen LogP contribution is -2.39. The summed E-state index contributed by atoms with van der Waals surface area (Å²) in [7, 11) is 0. The highest BCUT2D eigenvalue weighted by Crippen LogP contribution is 2.30. The summed E-state index contributed by atoms with van der Waals surface area (Å²) in [5.74, 6) is 0.110. The van der Waals surface area contributed by atoms with Gasteiger partial charge in [-0.05, 0) is 43.5 Å². The number of morpholine rings is 1. The van der Waals surface area contributed by atoms with Gasteiger partial charge in [0.05, 0.1) is 29.9 Å². The van der Waals surface area contributed by atoms with Crippen LogP contribution in [0.4, 0.5) is 5.13 Å². The normalized spacial score (nSPS) is 14.9. The number of benzene rings is 2. The predicted molar refractivity (Wildman–Crippen MR) is 123 cm³/mol. The van der Waals surface area contributed by atoms with E-state index in [1.54, 1.807) is 11.3 Å². The molecule has 0 saturated carbocycles. The van der Waals surface area contributed by atoms with E-state index < -0.39 is 0 Å². The van der Waals surface area contributed by atoms with Crippen molar-refractivity contribution in [1.29, 1.82) is 0 Å². The second-order valence-electron chi connectivity index (χ2n) is 7.99. The molecule has 2 heterocycles. The van der Waals surface area contributed by atoms with Gasteiger partial charge < -0.3 is 4.74 Å². The van der Waals surface area contributed by atoms with Crippen LogP contribution in [0.25, 0.3) is 10.2 Å². The van der Waals surface area contributed by atoms with Gasteiger partial charge in [0.25, 0.3) is 0 Å². The molecule has 4 rings (SSSR count). The van der Waals surface area contributed by atoms with Crippen molar-refractivity contribution in [2.24, 2.45) is 0 Å². The van der Waals surface area contributed by atoms with Crippen LogP contribution in [0.15, 0.2) is 42.5 Å². The number of anilines is 1. The summed E-state index contributed by atoms with van der Waals surface area (Å²) in [6.07, 6.45) is 1.32. The summed E-state index contributed by atoms with van der Waals surface area (Å²) in [5.41, 5.74) is 4.40. The zero-order valence-electron chi connectivity index (χ0n) is 17.8. The molecule has 1 saturated heterocycles. The highest BCUT2D eigenvalue weighted by atomic mass is 32.1. The van der Waals surface area contributed by atoms with E-state index in [0.29, 0.717) is 13.0 Å². The maximum absolute atomic E-state index is 13.3. The van der Waals surface area contributed by atoms with Crippen molar-refractivity contribution in [1.82, 2.24) is 9.88 Å². The number of thiazole rings is 1. The van der Waals surface area contributed by atoms with Crippen LogP contribution < -0.4 is 4.90 Å². The summed E-state index contributed by atoms with van der Waals surface area (Å²) >= 11 is 1.61. The fourth-order valence-electron chi connectivity index (χ4n) is 3.83.